The van der Waals surface area contributed by atoms with Crippen molar-refractivity contribution < 1.29 is 9.26 Å². The summed E-state index contributed by atoms with van der Waals surface area (Å²) in [6, 6.07) is 0.0544. The molecular weight excluding hydrogens is 194 g/mol. The van der Waals surface area contributed by atoms with Gasteiger partial charge in [-0.15, -0.1) is 0 Å². The molecule has 0 aromatic carbocycles. The molecule has 5 heteroatoms. The highest BCUT2D eigenvalue weighted by molar-refractivity contribution is 5.06. The largest absolute Gasteiger partial charge is 0.375 e. The molecular formula is C10H15N3O2. The van der Waals surface area contributed by atoms with Gasteiger partial charge in [0, 0.05) is 12.5 Å². The molecule has 0 unspecified atom stereocenters. The van der Waals surface area contributed by atoms with Crippen LogP contribution in [0.1, 0.15) is 43.4 Å². The molecule has 5 nitrogen and oxygen atoms in total. The van der Waals surface area contributed by atoms with Crippen molar-refractivity contribution in [3.63, 3.8) is 0 Å². The molecule has 1 N–H and O–H groups in total. The number of aromatic nitrogens is 2. The zero-order valence-corrected chi connectivity index (χ0v) is 8.77. The van der Waals surface area contributed by atoms with Gasteiger partial charge in [0.15, 0.2) is 5.82 Å². The van der Waals surface area contributed by atoms with Gasteiger partial charge in [-0.3, -0.25) is 0 Å². The summed E-state index contributed by atoms with van der Waals surface area (Å²) in [7, 11) is 0. The summed E-state index contributed by atoms with van der Waals surface area (Å²) in [4.78, 5) is 4.43. The summed E-state index contributed by atoms with van der Waals surface area (Å²) in [6.07, 6.45) is 2.50. The Hall–Kier alpha value is -0.940. The minimum absolute atomic E-state index is 0.0544. The Bertz CT molecular complexity index is 348. The Morgan fingerprint density at radius 1 is 1.40 bits per heavy atom. The second kappa shape index (κ2) is 3.57. The average Bonchev–Trinajstić information content (AvgIpc) is 2.99. The van der Waals surface area contributed by atoms with Gasteiger partial charge >= 0.3 is 0 Å². The highest BCUT2D eigenvalue weighted by Crippen LogP contribution is 2.38. The summed E-state index contributed by atoms with van der Waals surface area (Å²) in [5.41, 5.74) is 0. The van der Waals surface area contributed by atoms with Crippen LogP contribution in [0, 0.1) is 0 Å². The van der Waals surface area contributed by atoms with Gasteiger partial charge in [-0.1, -0.05) is 5.16 Å². The molecule has 1 saturated heterocycles. The quantitative estimate of drug-likeness (QED) is 0.787. The second-order valence-corrected chi connectivity index (χ2v) is 4.27. The average molecular weight is 209 g/mol. The van der Waals surface area contributed by atoms with E-state index < -0.39 is 0 Å². The third-order valence-electron chi connectivity index (χ3n) is 2.98. The zero-order valence-electron chi connectivity index (χ0n) is 8.77. The Morgan fingerprint density at radius 3 is 3.00 bits per heavy atom. The molecule has 1 aromatic heterocycles. The summed E-state index contributed by atoms with van der Waals surface area (Å²) in [5.74, 6) is 2.08. The van der Waals surface area contributed by atoms with Crippen LogP contribution >= 0.6 is 0 Å². The smallest absolute Gasteiger partial charge is 0.246 e. The molecule has 1 aliphatic carbocycles. The van der Waals surface area contributed by atoms with E-state index in [9.17, 15) is 0 Å². The van der Waals surface area contributed by atoms with Crippen LogP contribution in [0.3, 0.4) is 0 Å². The third kappa shape index (κ3) is 1.77. The molecule has 82 valence electrons. The van der Waals surface area contributed by atoms with Crippen molar-refractivity contribution in [1.29, 1.82) is 0 Å². The fourth-order valence-electron chi connectivity index (χ4n) is 1.89. The molecule has 0 amide bonds. The summed E-state index contributed by atoms with van der Waals surface area (Å²) < 4.78 is 10.8. The van der Waals surface area contributed by atoms with Crippen molar-refractivity contribution >= 4 is 0 Å². The molecule has 0 bridgehead atoms. The Morgan fingerprint density at radius 2 is 2.27 bits per heavy atom. The lowest BCUT2D eigenvalue weighted by Gasteiger charge is -2.27. The van der Waals surface area contributed by atoms with Crippen LogP contribution in [-0.4, -0.2) is 29.4 Å². The van der Waals surface area contributed by atoms with Gasteiger partial charge in [0.2, 0.25) is 5.89 Å². The first-order valence-corrected chi connectivity index (χ1v) is 5.53. The van der Waals surface area contributed by atoms with Crippen LogP contribution in [0.2, 0.25) is 0 Å². The topological polar surface area (TPSA) is 60.2 Å². The lowest BCUT2D eigenvalue weighted by atomic mass is 10.1. The van der Waals surface area contributed by atoms with E-state index in [2.05, 4.69) is 15.5 Å². The number of nitrogens with zero attached hydrogens (tertiary/aromatic N) is 2. The predicted octanol–water partition coefficient (Wildman–Crippen LogP) is 0.996. The van der Waals surface area contributed by atoms with Crippen LogP contribution in [-0.2, 0) is 4.74 Å². The monoisotopic (exact) mass is 209 g/mol. The zero-order chi connectivity index (χ0) is 10.3. The van der Waals surface area contributed by atoms with E-state index >= 15 is 0 Å². The molecule has 1 saturated carbocycles. The number of hydrogen-bond acceptors (Lipinski definition) is 5. The van der Waals surface area contributed by atoms with E-state index in [-0.39, 0.29) is 12.1 Å². The fraction of sp³-hybridized carbons (Fsp3) is 0.800. The van der Waals surface area contributed by atoms with Gasteiger partial charge in [0.05, 0.1) is 12.7 Å². The van der Waals surface area contributed by atoms with Crippen LogP contribution in [0.15, 0.2) is 4.52 Å². The molecule has 2 fully saturated rings. The molecule has 3 rings (SSSR count). The van der Waals surface area contributed by atoms with Crippen molar-refractivity contribution in [3.8, 4) is 0 Å². The van der Waals surface area contributed by atoms with Crippen molar-refractivity contribution in [2.45, 2.75) is 37.8 Å². The van der Waals surface area contributed by atoms with Gasteiger partial charge in [0.25, 0.3) is 0 Å². The van der Waals surface area contributed by atoms with Gasteiger partial charge in [0.1, 0.15) is 6.04 Å². The van der Waals surface area contributed by atoms with Crippen molar-refractivity contribution in [2.75, 3.05) is 13.2 Å². The minimum Gasteiger partial charge on any atom is -0.375 e. The number of rotatable bonds is 2. The Kier molecular flexibility index (Phi) is 2.21. The van der Waals surface area contributed by atoms with Crippen LogP contribution in [0.5, 0.6) is 0 Å². The number of nitrogens with one attached hydrogen (secondary N) is 1. The maximum absolute atomic E-state index is 5.54. The molecule has 15 heavy (non-hydrogen) atoms. The van der Waals surface area contributed by atoms with Crippen LogP contribution in [0.25, 0.3) is 0 Å². The normalized spacial score (nSPS) is 31.8. The number of morpholine rings is 1. The van der Waals surface area contributed by atoms with Crippen molar-refractivity contribution in [3.05, 3.63) is 11.7 Å². The fourth-order valence-corrected chi connectivity index (χ4v) is 1.89. The highest BCUT2D eigenvalue weighted by atomic mass is 16.5. The predicted molar refractivity (Wildman–Crippen MR) is 52.4 cm³/mol. The van der Waals surface area contributed by atoms with E-state index in [1.54, 1.807) is 0 Å². The minimum atomic E-state index is 0.0544. The third-order valence-corrected chi connectivity index (χ3v) is 2.98. The number of ether oxygens (including phenoxy) is 1. The molecule has 0 spiro atoms. The molecule has 0 radical (unpaired) electrons. The van der Waals surface area contributed by atoms with Crippen LogP contribution in [0.4, 0.5) is 0 Å². The molecule has 1 aromatic rings. The number of hydrogen-bond donors (Lipinski definition) is 1. The first-order chi connectivity index (χ1) is 7.34. The van der Waals surface area contributed by atoms with Gasteiger partial charge in [-0.25, -0.2) is 0 Å². The summed E-state index contributed by atoms with van der Waals surface area (Å²) in [5, 5.41) is 7.34. The van der Waals surface area contributed by atoms with E-state index in [1.165, 1.54) is 12.8 Å². The Balaban J connectivity index is 1.78. The van der Waals surface area contributed by atoms with Gasteiger partial charge in [-0.2, -0.15) is 4.98 Å². The van der Waals surface area contributed by atoms with E-state index in [0.717, 1.165) is 19.0 Å². The molecule has 2 atom stereocenters. The van der Waals surface area contributed by atoms with Crippen molar-refractivity contribution in [2.24, 2.45) is 0 Å². The van der Waals surface area contributed by atoms with E-state index in [0.29, 0.717) is 11.8 Å². The summed E-state index contributed by atoms with van der Waals surface area (Å²) >= 11 is 0. The molecule has 1 aliphatic heterocycles. The highest BCUT2D eigenvalue weighted by Gasteiger charge is 2.32. The van der Waals surface area contributed by atoms with E-state index in [4.69, 9.17) is 9.26 Å². The van der Waals surface area contributed by atoms with Gasteiger partial charge in [-0.05, 0) is 19.8 Å². The Labute approximate surface area is 88.2 Å². The maximum Gasteiger partial charge on any atom is 0.246 e. The SMILES string of the molecule is C[C@H]1OCCN[C@H]1c1nc(C2CC2)no1. The molecule has 2 heterocycles. The standard InChI is InChI=1S/C10H15N3O2/c1-6-8(11-4-5-14-6)10-12-9(13-15-10)7-2-3-7/h6-8,11H,2-5H2,1H3/t6-,8-/m1/s1. The first-order valence-electron chi connectivity index (χ1n) is 5.53. The first kappa shape index (κ1) is 9.30. The van der Waals surface area contributed by atoms with Gasteiger partial charge < -0.3 is 14.6 Å². The van der Waals surface area contributed by atoms with Crippen molar-refractivity contribution in [1.82, 2.24) is 15.5 Å². The second-order valence-electron chi connectivity index (χ2n) is 4.27. The summed E-state index contributed by atoms with van der Waals surface area (Å²) in [6.45, 7) is 3.62. The maximum atomic E-state index is 5.54. The molecule has 2 aliphatic rings. The van der Waals surface area contributed by atoms with E-state index in [1.807, 2.05) is 6.92 Å². The lowest BCUT2D eigenvalue weighted by molar-refractivity contribution is -0.00136. The lowest BCUT2D eigenvalue weighted by Crippen LogP contribution is -2.40. The van der Waals surface area contributed by atoms with Crippen LogP contribution < -0.4 is 5.32 Å².